The smallest absolute Gasteiger partial charge is 0.395 e. The molecule has 2 N–H and O–H groups in total. The zero-order valence-corrected chi connectivity index (χ0v) is 23.2. The highest BCUT2D eigenvalue weighted by Gasteiger charge is 2.43. The third-order valence-electron chi connectivity index (χ3n) is 6.10. The van der Waals surface area contributed by atoms with E-state index < -0.39 is 35.8 Å². The molecule has 0 radical (unpaired) electrons. The summed E-state index contributed by atoms with van der Waals surface area (Å²) in [5.41, 5.74) is 0.375. The van der Waals surface area contributed by atoms with Crippen molar-refractivity contribution >= 4 is 40.1 Å². The number of aromatic amines is 1. The Morgan fingerprint density at radius 2 is 1.88 bits per heavy atom. The molecule has 0 aliphatic carbocycles. The fourth-order valence-corrected chi connectivity index (χ4v) is 4.56. The van der Waals surface area contributed by atoms with Gasteiger partial charge in [0.1, 0.15) is 23.3 Å². The van der Waals surface area contributed by atoms with Gasteiger partial charge in [-0.1, -0.05) is 17.7 Å². The van der Waals surface area contributed by atoms with Crippen molar-refractivity contribution in [3.05, 3.63) is 63.7 Å². The van der Waals surface area contributed by atoms with Gasteiger partial charge in [-0.25, -0.2) is 9.67 Å². The van der Waals surface area contributed by atoms with Crippen LogP contribution in [-0.2, 0) is 11.3 Å². The zero-order valence-electron chi connectivity index (χ0n) is 22.4. The minimum Gasteiger partial charge on any atom is -0.395 e. The molecule has 5 rings (SSSR count). The number of halogens is 3. The topological polar surface area (TPSA) is 131 Å². The first-order valence-corrected chi connectivity index (χ1v) is 12.9. The lowest BCUT2D eigenvalue weighted by molar-refractivity contribution is -0.286. The number of nitrogens with zero attached hydrogens (tertiary/aromatic N) is 4. The maximum Gasteiger partial charge on any atom is 0.586 e. The standard InChI is InChI=1S/C27H25ClF2N6O5/c1-5-35(15-7-9-18-19(11-15)41-27(29,30)40-18)20(37)12-36-25(39)23-22(31-13-32-23)21(34-36)14-6-8-17(28)16(10-14)24(38)33-26(2,3)4/h6-11,13H,5,12H2,1-4H3,(H,31,32)(H,33,38). The maximum absolute atomic E-state index is 13.5. The lowest BCUT2D eigenvalue weighted by Gasteiger charge is -2.22. The molecule has 2 amide bonds. The van der Waals surface area contributed by atoms with E-state index in [1.807, 2.05) is 20.8 Å². The van der Waals surface area contributed by atoms with Crippen LogP contribution in [0.2, 0.25) is 5.02 Å². The molecule has 0 saturated heterocycles. The minimum atomic E-state index is -3.80. The molecule has 14 heteroatoms. The molecule has 0 atom stereocenters. The van der Waals surface area contributed by atoms with Crippen molar-refractivity contribution in [1.29, 1.82) is 0 Å². The number of carbonyl (C=O) groups excluding carboxylic acids is 2. The Bertz CT molecular complexity index is 1750. The molecule has 2 aromatic carbocycles. The number of nitrogens with one attached hydrogen (secondary N) is 2. The predicted octanol–water partition coefficient (Wildman–Crippen LogP) is 4.34. The van der Waals surface area contributed by atoms with Crippen molar-refractivity contribution in [1.82, 2.24) is 25.1 Å². The highest BCUT2D eigenvalue weighted by molar-refractivity contribution is 6.34. The molecule has 0 spiro atoms. The van der Waals surface area contributed by atoms with Crippen LogP contribution < -0.4 is 25.2 Å². The number of rotatable bonds is 6. The van der Waals surface area contributed by atoms with Gasteiger partial charge in [0.05, 0.1) is 16.9 Å². The Morgan fingerprint density at radius 1 is 1.15 bits per heavy atom. The van der Waals surface area contributed by atoms with Crippen molar-refractivity contribution in [2.75, 3.05) is 11.4 Å². The van der Waals surface area contributed by atoms with Crippen LogP contribution in [0, 0.1) is 0 Å². The highest BCUT2D eigenvalue weighted by Crippen LogP contribution is 2.43. The molecular weight excluding hydrogens is 562 g/mol. The Labute approximate surface area is 237 Å². The van der Waals surface area contributed by atoms with Crippen molar-refractivity contribution in [2.24, 2.45) is 0 Å². The second-order valence-electron chi connectivity index (χ2n) is 10.3. The van der Waals surface area contributed by atoms with E-state index in [1.54, 1.807) is 13.0 Å². The number of amides is 2. The predicted molar refractivity (Wildman–Crippen MR) is 146 cm³/mol. The first-order valence-electron chi connectivity index (χ1n) is 12.5. The summed E-state index contributed by atoms with van der Waals surface area (Å²) in [6, 6.07) is 8.67. The average Bonchev–Trinajstić information content (AvgIpc) is 3.49. The van der Waals surface area contributed by atoms with Crippen LogP contribution in [0.15, 0.2) is 47.5 Å². The number of ether oxygens (including phenoxy) is 2. The van der Waals surface area contributed by atoms with Crippen molar-refractivity contribution in [2.45, 2.75) is 46.1 Å². The summed E-state index contributed by atoms with van der Waals surface area (Å²) in [5.74, 6) is -1.32. The van der Waals surface area contributed by atoms with E-state index in [9.17, 15) is 23.2 Å². The Kier molecular flexibility index (Phi) is 6.93. The van der Waals surface area contributed by atoms with E-state index in [0.717, 1.165) is 4.68 Å². The molecule has 0 saturated carbocycles. The first-order chi connectivity index (χ1) is 19.3. The molecule has 0 bridgehead atoms. The summed E-state index contributed by atoms with van der Waals surface area (Å²) < 4.78 is 36.9. The van der Waals surface area contributed by atoms with Crippen molar-refractivity contribution < 1.29 is 27.8 Å². The third kappa shape index (κ3) is 5.57. The van der Waals surface area contributed by atoms with Gasteiger partial charge < -0.3 is 24.7 Å². The van der Waals surface area contributed by atoms with Crippen LogP contribution in [0.25, 0.3) is 22.3 Å². The fraction of sp³-hybridized carbons (Fsp3) is 0.296. The van der Waals surface area contributed by atoms with Crippen LogP contribution >= 0.6 is 11.6 Å². The number of anilines is 1. The van der Waals surface area contributed by atoms with Gasteiger partial charge in [-0.05, 0) is 52.0 Å². The zero-order chi connectivity index (χ0) is 29.7. The Hall–Kier alpha value is -4.52. The second kappa shape index (κ2) is 10.1. The van der Waals surface area contributed by atoms with Crippen LogP contribution in [0.5, 0.6) is 11.5 Å². The summed E-state index contributed by atoms with van der Waals surface area (Å²) in [6.07, 6.45) is -2.47. The molecule has 1 aliphatic rings. The lowest BCUT2D eigenvalue weighted by atomic mass is 10.0. The summed E-state index contributed by atoms with van der Waals surface area (Å²) in [5, 5.41) is 7.51. The number of imidazole rings is 1. The van der Waals surface area contributed by atoms with Gasteiger partial charge in [0.2, 0.25) is 5.91 Å². The van der Waals surface area contributed by atoms with Gasteiger partial charge in [-0.2, -0.15) is 5.10 Å². The van der Waals surface area contributed by atoms with Crippen molar-refractivity contribution in [3.8, 4) is 22.8 Å². The largest absolute Gasteiger partial charge is 0.586 e. The number of benzene rings is 2. The van der Waals surface area contributed by atoms with Gasteiger partial charge in [0, 0.05) is 29.4 Å². The molecule has 11 nitrogen and oxygen atoms in total. The molecule has 1 aliphatic heterocycles. The molecule has 2 aromatic heterocycles. The van der Waals surface area contributed by atoms with Crippen LogP contribution in [0.4, 0.5) is 14.5 Å². The van der Waals surface area contributed by atoms with Crippen molar-refractivity contribution in [3.63, 3.8) is 0 Å². The fourth-order valence-electron chi connectivity index (χ4n) is 4.36. The summed E-state index contributed by atoms with van der Waals surface area (Å²) >= 11 is 6.32. The number of alkyl halides is 2. The first kappa shape index (κ1) is 28.0. The van der Waals surface area contributed by atoms with E-state index >= 15 is 0 Å². The molecule has 0 unspecified atom stereocenters. The van der Waals surface area contributed by atoms with E-state index in [0.29, 0.717) is 5.56 Å². The number of H-pyrrole nitrogens is 1. The SMILES string of the molecule is CCN(C(=O)Cn1nc(-c2ccc(Cl)c(C(=O)NC(C)(C)C)c2)c2nc[nH]c2c1=O)c1ccc2c(c1)OC(F)(F)O2. The molecular formula is C27H25ClF2N6O5. The van der Waals surface area contributed by atoms with Gasteiger partial charge in [-0.3, -0.25) is 14.4 Å². The Balaban J connectivity index is 1.50. The van der Waals surface area contributed by atoms with Gasteiger partial charge >= 0.3 is 6.29 Å². The number of carbonyl (C=O) groups is 2. The lowest BCUT2D eigenvalue weighted by Crippen LogP contribution is -2.40. The number of hydrogen-bond acceptors (Lipinski definition) is 7. The molecule has 0 fully saturated rings. The number of likely N-dealkylation sites (N-methyl/N-ethyl adjacent to an activating group) is 1. The van der Waals surface area contributed by atoms with E-state index in [-0.39, 0.29) is 51.0 Å². The minimum absolute atomic E-state index is 0.104. The highest BCUT2D eigenvalue weighted by atomic mass is 35.5. The Morgan fingerprint density at radius 3 is 2.59 bits per heavy atom. The monoisotopic (exact) mass is 586 g/mol. The quantitative estimate of drug-likeness (QED) is 0.343. The summed E-state index contributed by atoms with van der Waals surface area (Å²) in [4.78, 5) is 47.8. The van der Waals surface area contributed by atoms with E-state index in [2.05, 4.69) is 29.9 Å². The van der Waals surface area contributed by atoms with Gasteiger partial charge in [-0.15, -0.1) is 8.78 Å². The van der Waals surface area contributed by atoms with Gasteiger partial charge in [0.15, 0.2) is 11.5 Å². The number of hydrogen-bond donors (Lipinski definition) is 2. The summed E-state index contributed by atoms with van der Waals surface area (Å²) in [6.45, 7) is 6.87. The van der Waals surface area contributed by atoms with Crippen LogP contribution in [0.1, 0.15) is 38.1 Å². The molecule has 41 heavy (non-hydrogen) atoms. The van der Waals surface area contributed by atoms with Crippen LogP contribution in [0.3, 0.4) is 0 Å². The number of aromatic nitrogens is 4. The van der Waals surface area contributed by atoms with Gasteiger partial charge in [0.25, 0.3) is 11.5 Å². The van der Waals surface area contributed by atoms with E-state index in [4.69, 9.17) is 11.6 Å². The van der Waals surface area contributed by atoms with Crippen LogP contribution in [-0.4, -0.2) is 49.9 Å². The molecule has 3 heterocycles. The molecule has 4 aromatic rings. The third-order valence-corrected chi connectivity index (χ3v) is 6.43. The normalized spacial score (nSPS) is 13.8. The number of fused-ring (bicyclic) bond motifs is 2. The summed E-state index contributed by atoms with van der Waals surface area (Å²) in [7, 11) is 0. The average molecular weight is 587 g/mol. The molecule has 214 valence electrons. The second-order valence-corrected chi connectivity index (χ2v) is 10.7. The maximum atomic E-state index is 13.5. The van der Waals surface area contributed by atoms with E-state index in [1.165, 1.54) is 41.6 Å².